The minimum Gasteiger partial charge on any atom is -0.368 e. The first kappa shape index (κ1) is 17.6. The van der Waals surface area contributed by atoms with Crippen LogP contribution in [0.4, 0.5) is 15.8 Å². The van der Waals surface area contributed by atoms with Crippen LogP contribution >= 0.6 is 22.6 Å². The predicted molar refractivity (Wildman–Crippen MR) is 86.7 cm³/mol. The Kier molecular flexibility index (Phi) is 6.31. The lowest BCUT2D eigenvalue weighted by Gasteiger charge is -2.16. The van der Waals surface area contributed by atoms with Gasteiger partial charge in [-0.05, 0) is 35.4 Å². The summed E-state index contributed by atoms with van der Waals surface area (Å²) in [4.78, 5) is 22.2. The molecule has 0 aliphatic carbocycles. The molecule has 1 unspecified atom stereocenters. The number of carbonyl (C=O) groups is 1. The molecule has 1 aromatic rings. The second-order valence-corrected chi connectivity index (χ2v) is 6.21. The molecule has 1 atom stereocenters. The maximum atomic E-state index is 13.6. The van der Waals surface area contributed by atoms with Gasteiger partial charge in [0, 0.05) is 18.7 Å². The number of nitrogens with zero attached hydrogens (tertiary/aromatic N) is 1. The number of carbonyl (C=O) groups excluding carboxylic acids is 1. The highest BCUT2D eigenvalue weighted by molar-refractivity contribution is 14.1. The molecule has 21 heavy (non-hydrogen) atoms. The van der Waals surface area contributed by atoms with E-state index in [0.29, 0.717) is 12.5 Å². The van der Waals surface area contributed by atoms with E-state index in [1.54, 1.807) is 29.5 Å². The lowest BCUT2D eigenvalue weighted by Crippen LogP contribution is -2.39. The molecule has 0 spiro atoms. The molecule has 8 heteroatoms. The van der Waals surface area contributed by atoms with Gasteiger partial charge in [0.25, 0.3) is 5.69 Å². The van der Waals surface area contributed by atoms with Crippen molar-refractivity contribution in [2.45, 2.75) is 26.8 Å². The molecule has 0 aliphatic rings. The van der Waals surface area contributed by atoms with Crippen molar-refractivity contribution in [3.63, 3.8) is 0 Å². The van der Waals surface area contributed by atoms with Gasteiger partial charge in [-0.15, -0.1) is 0 Å². The lowest BCUT2D eigenvalue weighted by atomic mass is 10.2. The van der Waals surface area contributed by atoms with Crippen LogP contribution in [-0.4, -0.2) is 23.4 Å². The summed E-state index contributed by atoms with van der Waals surface area (Å²) in [5, 5.41) is 16.4. The van der Waals surface area contributed by atoms with Gasteiger partial charge in [0.05, 0.1) is 8.49 Å². The van der Waals surface area contributed by atoms with E-state index in [-0.39, 0.29) is 20.9 Å². The van der Waals surface area contributed by atoms with Crippen molar-refractivity contribution in [2.24, 2.45) is 5.92 Å². The van der Waals surface area contributed by atoms with Crippen LogP contribution in [0.1, 0.15) is 20.8 Å². The summed E-state index contributed by atoms with van der Waals surface area (Å²) >= 11 is 1.68. The monoisotopic (exact) mass is 409 g/mol. The van der Waals surface area contributed by atoms with Crippen LogP contribution in [0.25, 0.3) is 0 Å². The van der Waals surface area contributed by atoms with Gasteiger partial charge in [-0.3, -0.25) is 14.9 Å². The third kappa shape index (κ3) is 5.10. The van der Waals surface area contributed by atoms with E-state index < -0.39 is 16.8 Å². The van der Waals surface area contributed by atoms with Gasteiger partial charge >= 0.3 is 0 Å². The van der Waals surface area contributed by atoms with Gasteiger partial charge in [0.2, 0.25) is 5.91 Å². The third-order valence-electron chi connectivity index (χ3n) is 2.69. The SMILES string of the molecule is CC(C)CNC(=O)C(C)Nc1cc(F)c(I)cc1[N+](=O)[O-]. The lowest BCUT2D eigenvalue weighted by molar-refractivity contribution is -0.384. The van der Waals surface area contributed by atoms with Crippen LogP contribution in [0.5, 0.6) is 0 Å². The first-order chi connectivity index (χ1) is 9.72. The number of anilines is 1. The van der Waals surface area contributed by atoms with Gasteiger partial charge in [0.1, 0.15) is 17.5 Å². The van der Waals surface area contributed by atoms with E-state index in [4.69, 9.17) is 0 Å². The molecule has 0 fully saturated rings. The van der Waals surface area contributed by atoms with E-state index in [1.165, 1.54) is 0 Å². The van der Waals surface area contributed by atoms with Crippen molar-refractivity contribution in [2.75, 3.05) is 11.9 Å². The normalized spacial score (nSPS) is 12.1. The zero-order valence-corrected chi connectivity index (χ0v) is 14.1. The van der Waals surface area contributed by atoms with E-state index in [0.717, 1.165) is 12.1 Å². The van der Waals surface area contributed by atoms with Crippen LogP contribution in [-0.2, 0) is 4.79 Å². The molecule has 0 saturated carbocycles. The zero-order chi connectivity index (χ0) is 16.2. The summed E-state index contributed by atoms with van der Waals surface area (Å²) in [6, 6.07) is 1.46. The van der Waals surface area contributed by atoms with Gasteiger partial charge in [-0.1, -0.05) is 13.8 Å². The minimum atomic E-state index is -0.707. The summed E-state index contributed by atoms with van der Waals surface area (Å²) in [6.45, 7) is 5.98. The van der Waals surface area contributed by atoms with Crippen molar-refractivity contribution in [1.29, 1.82) is 0 Å². The largest absolute Gasteiger partial charge is 0.368 e. The van der Waals surface area contributed by atoms with E-state index in [1.807, 2.05) is 13.8 Å². The molecule has 0 saturated heterocycles. The number of hydrogen-bond acceptors (Lipinski definition) is 4. The Bertz CT molecular complexity index is 552. The van der Waals surface area contributed by atoms with Crippen LogP contribution in [0.3, 0.4) is 0 Å². The average molecular weight is 409 g/mol. The standard InChI is InChI=1S/C13H17FIN3O3/c1-7(2)6-16-13(19)8(3)17-11-4-9(14)10(15)5-12(11)18(20)21/h4-5,7-8,17H,6H2,1-3H3,(H,16,19). The Morgan fingerprint density at radius 3 is 2.57 bits per heavy atom. The highest BCUT2D eigenvalue weighted by atomic mass is 127. The number of hydrogen-bond donors (Lipinski definition) is 2. The molecule has 116 valence electrons. The molecule has 1 aromatic carbocycles. The summed E-state index contributed by atoms with van der Waals surface area (Å²) < 4.78 is 13.7. The fourth-order valence-electron chi connectivity index (χ4n) is 1.56. The van der Waals surface area contributed by atoms with Crippen molar-refractivity contribution < 1.29 is 14.1 Å². The van der Waals surface area contributed by atoms with Gasteiger partial charge in [0.15, 0.2) is 0 Å². The molecule has 1 rings (SSSR count). The van der Waals surface area contributed by atoms with Crippen molar-refractivity contribution >= 4 is 39.9 Å². The Hall–Kier alpha value is -1.45. The first-order valence-electron chi connectivity index (χ1n) is 6.40. The quantitative estimate of drug-likeness (QED) is 0.430. The van der Waals surface area contributed by atoms with Crippen LogP contribution in [0.2, 0.25) is 0 Å². The summed E-state index contributed by atoms with van der Waals surface area (Å²) in [6.07, 6.45) is 0. The number of amides is 1. The molecular weight excluding hydrogens is 392 g/mol. The fourth-order valence-corrected chi connectivity index (χ4v) is 2.01. The molecule has 0 radical (unpaired) electrons. The molecule has 1 amide bonds. The molecule has 0 aliphatic heterocycles. The van der Waals surface area contributed by atoms with Gasteiger partial charge in [-0.25, -0.2) is 4.39 Å². The van der Waals surface area contributed by atoms with Crippen LogP contribution < -0.4 is 10.6 Å². The maximum absolute atomic E-state index is 13.6. The summed E-state index contributed by atoms with van der Waals surface area (Å²) in [5.74, 6) is -0.568. The van der Waals surface area contributed by atoms with Crippen LogP contribution in [0.15, 0.2) is 12.1 Å². The van der Waals surface area contributed by atoms with E-state index in [2.05, 4.69) is 10.6 Å². The minimum absolute atomic E-state index is 0.00915. The van der Waals surface area contributed by atoms with Gasteiger partial charge < -0.3 is 10.6 Å². The molecule has 0 bridgehead atoms. The molecule has 2 N–H and O–H groups in total. The molecular formula is C13H17FIN3O3. The second-order valence-electron chi connectivity index (χ2n) is 5.05. The number of halogens is 2. The van der Waals surface area contributed by atoms with Gasteiger partial charge in [-0.2, -0.15) is 0 Å². The number of benzene rings is 1. The highest BCUT2D eigenvalue weighted by Crippen LogP contribution is 2.29. The Morgan fingerprint density at radius 2 is 2.05 bits per heavy atom. The third-order valence-corrected chi connectivity index (χ3v) is 3.51. The number of nitrogens with one attached hydrogen (secondary N) is 2. The van der Waals surface area contributed by atoms with Crippen molar-refractivity contribution in [3.05, 3.63) is 31.6 Å². The van der Waals surface area contributed by atoms with Crippen LogP contribution in [0, 0.1) is 25.4 Å². The predicted octanol–water partition coefficient (Wildman–Crippen LogP) is 2.91. The Balaban J connectivity index is 2.89. The maximum Gasteiger partial charge on any atom is 0.293 e. The van der Waals surface area contributed by atoms with E-state index >= 15 is 0 Å². The first-order valence-corrected chi connectivity index (χ1v) is 7.48. The Labute approximate surface area is 135 Å². The molecule has 0 heterocycles. The number of rotatable bonds is 6. The topological polar surface area (TPSA) is 84.3 Å². The smallest absolute Gasteiger partial charge is 0.293 e. The fraction of sp³-hybridized carbons (Fsp3) is 0.462. The van der Waals surface area contributed by atoms with Crippen molar-refractivity contribution in [3.8, 4) is 0 Å². The highest BCUT2D eigenvalue weighted by Gasteiger charge is 2.21. The molecule has 6 nitrogen and oxygen atoms in total. The molecule has 0 aromatic heterocycles. The summed E-state index contributed by atoms with van der Waals surface area (Å²) in [7, 11) is 0. The summed E-state index contributed by atoms with van der Waals surface area (Å²) in [5.41, 5.74) is -0.269. The number of nitro benzene ring substituents is 1. The van der Waals surface area contributed by atoms with Crippen molar-refractivity contribution in [1.82, 2.24) is 5.32 Å². The Morgan fingerprint density at radius 1 is 1.43 bits per heavy atom. The zero-order valence-electron chi connectivity index (χ0n) is 11.9. The average Bonchev–Trinajstić information content (AvgIpc) is 2.39. The van der Waals surface area contributed by atoms with E-state index in [9.17, 15) is 19.3 Å². The number of nitro groups is 1. The second kappa shape index (κ2) is 7.53.